The molecule has 1 aromatic heterocycles. The standard InChI is InChI=1S/C11H10BrNO/c1-7-9-4-3-8(14-2)5-11(9)13-6-10(7)12/h3-6H,1-2H3. The number of methoxy groups -OCH3 is 1. The second-order valence-corrected chi connectivity index (χ2v) is 3.97. The van der Waals surface area contributed by atoms with Crippen LogP contribution in [0, 0.1) is 6.92 Å². The summed E-state index contributed by atoms with van der Waals surface area (Å²) >= 11 is 3.46. The van der Waals surface area contributed by atoms with Gasteiger partial charge in [-0.2, -0.15) is 0 Å². The van der Waals surface area contributed by atoms with Gasteiger partial charge in [0.1, 0.15) is 5.75 Å². The minimum absolute atomic E-state index is 0.840. The van der Waals surface area contributed by atoms with Crippen molar-refractivity contribution in [1.29, 1.82) is 0 Å². The van der Waals surface area contributed by atoms with E-state index in [9.17, 15) is 0 Å². The molecule has 72 valence electrons. The van der Waals surface area contributed by atoms with Crippen molar-refractivity contribution in [2.75, 3.05) is 7.11 Å². The number of hydrogen-bond donors (Lipinski definition) is 0. The highest BCUT2D eigenvalue weighted by Gasteiger charge is 2.03. The molecule has 0 saturated carbocycles. The second-order valence-electron chi connectivity index (χ2n) is 3.11. The maximum Gasteiger partial charge on any atom is 0.121 e. The number of fused-ring (bicyclic) bond motifs is 1. The van der Waals surface area contributed by atoms with E-state index in [1.807, 2.05) is 24.4 Å². The topological polar surface area (TPSA) is 22.1 Å². The van der Waals surface area contributed by atoms with Gasteiger partial charge in [-0.1, -0.05) is 0 Å². The molecule has 0 spiro atoms. The summed E-state index contributed by atoms with van der Waals surface area (Å²) in [7, 11) is 1.66. The lowest BCUT2D eigenvalue weighted by molar-refractivity contribution is 0.415. The minimum Gasteiger partial charge on any atom is -0.497 e. The molecule has 1 aromatic carbocycles. The first-order valence-electron chi connectivity index (χ1n) is 4.31. The Morgan fingerprint density at radius 2 is 2.14 bits per heavy atom. The Labute approximate surface area is 91.0 Å². The van der Waals surface area contributed by atoms with E-state index in [1.165, 1.54) is 5.56 Å². The van der Waals surface area contributed by atoms with Crippen LogP contribution in [0.25, 0.3) is 10.9 Å². The molecular formula is C11H10BrNO. The van der Waals surface area contributed by atoms with Crippen LogP contribution in [0.3, 0.4) is 0 Å². The molecule has 2 aromatic rings. The molecule has 2 rings (SSSR count). The Balaban J connectivity index is 2.74. The second kappa shape index (κ2) is 3.58. The highest BCUT2D eigenvalue weighted by Crippen LogP contribution is 2.26. The van der Waals surface area contributed by atoms with Crippen molar-refractivity contribution in [2.45, 2.75) is 6.92 Å². The third-order valence-corrected chi connectivity index (χ3v) is 3.08. The van der Waals surface area contributed by atoms with Crippen molar-refractivity contribution >= 4 is 26.8 Å². The quantitative estimate of drug-likeness (QED) is 0.776. The number of nitrogens with zero attached hydrogens (tertiary/aromatic N) is 1. The fourth-order valence-corrected chi connectivity index (χ4v) is 1.73. The largest absolute Gasteiger partial charge is 0.497 e. The van der Waals surface area contributed by atoms with Gasteiger partial charge in [0.2, 0.25) is 0 Å². The van der Waals surface area contributed by atoms with Crippen molar-refractivity contribution in [3.63, 3.8) is 0 Å². The van der Waals surface area contributed by atoms with Crippen LogP contribution in [0.1, 0.15) is 5.56 Å². The van der Waals surface area contributed by atoms with Crippen LogP contribution in [0.4, 0.5) is 0 Å². The average molecular weight is 252 g/mol. The maximum absolute atomic E-state index is 5.14. The van der Waals surface area contributed by atoms with Crippen LogP contribution in [0.5, 0.6) is 5.75 Å². The van der Waals surface area contributed by atoms with Crippen LogP contribution >= 0.6 is 15.9 Å². The minimum atomic E-state index is 0.840. The van der Waals surface area contributed by atoms with E-state index >= 15 is 0 Å². The summed E-state index contributed by atoms with van der Waals surface area (Å²) in [5.41, 5.74) is 2.17. The normalized spacial score (nSPS) is 10.5. The maximum atomic E-state index is 5.14. The van der Waals surface area contributed by atoms with E-state index in [0.29, 0.717) is 0 Å². The SMILES string of the molecule is COc1ccc2c(C)c(Br)cnc2c1. The van der Waals surface area contributed by atoms with Crippen molar-refractivity contribution in [3.8, 4) is 5.75 Å². The third-order valence-electron chi connectivity index (χ3n) is 2.28. The third kappa shape index (κ3) is 1.48. The lowest BCUT2D eigenvalue weighted by atomic mass is 10.1. The zero-order valence-electron chi connectivity index (χ0n) is 8.04. The predicted octanol–water partition coefficient (Wildman–Crippen LogP) is 3.31. The highest BCUT2D eigenvalue weighted by atomic mass is 79.9. The summed E-state index contributed by atoms with van der Waals surface area (Å²) in [4.78, 5) is 4.32. The first-order chi connectivity index (χ1) is 6.72. The average Bonchev–Trinajstić information content (AvgIpc) is 2.23. The highest BCUT2D eigenvalue weighted by molar-refractivity contribution is 9.10. The lowest BCUT2D eigenvalue weighted by Gasteiger charge is -2.05. The smallest absolute Gasteiger partial charge is 0.121 e. The molecule has 0 aliphatic heterocycles. The molecule has 0 atom stereocenters. The molecule has 1 heterocycles. The van der Waals surface area contributed by atoms with Gasteiger partial charge in [0.15, 0.2) is 0 Å². The van der Waals surface area contributed by atoms with Gasteiger partial charge >= 0.3 is 0 Å². The summed E-state index contributed by atoms with van der Waals surface area (Å²) in [5, 5.41) is 1.15. The summed E-state index contributed by atoms with van der Waals surface area (Å²) in [6, 6.07) is 5.92. The van der Waals surface area contributed by atoms with Gasteiger partial charge in [-0.3, -0.25) is 4.98 Å². The number of aromatic nitrogens is 1. The Kier molecular flexibility index (Phi) is 2.42. The molecule has 0 bridgehead atoms. The Hall–Kier alpha value is -1.09. The number of aryl methyl sites for hydroxylation is 1. The van der Waals surface area contributed by atoms with Gasteiger partial charge in [-0.05, 0) is 40.5 Å². The number of ether oxygens (including phenoxy) is 1. The Bertz CT molecular complexity index is 482. The van der Waals surface area contributed by atoms with Gasteiger partial charge in [-0.25, -0.2) is 0 Å². The lowest BCUT2D eigenvalue weighted by Crippen LogP contribution is -1.87. The fourth-order valence-electron chi connectivity index (χ4n) is 1.41. The number of pyridine rings is 1. The fraction of sp³-hybridized carbons (Fsp3) is 0.182. The van der Waals surface area contributed by atoms with Crippen LogP contribution in [-0.4, -0.2) is 12.1 Å². The number of halogens is 1. The summed E-state index contributed by atoms with van der Waals surface area (Å²) in [6.45, 7) is 2.07. The van der Waals surface area contributed by atoms with E-state index in [1.54, 1.807) is 7.11 Å². The molecule has 2 nitrogen and oxygen atoms in total. The van der Waals surface area contributed by atoms with E-state index in [-0.39, 0.29) is 0 Å². The molecular weight excluding hydrogens is 242 g/mol. The van der Waals surface area contributed by atoms with Crippen LogP contribution in [0.2, 0.25) is 0 Å². The molecule has 0 unspecified atom stereocenters. The first-order valence-corrected chi connectivity index (χ1v) is 5.10. The van der Waals surface area contributed by atoms with Crippen molar-refractivity contribution < 1.29 is 4.74 Å². The van der Waals surface area contributed by atoms with Crippen LogP contribution in [-0.2, 0) is 0 Å². The van der Waals surface area contributed by atoms with Gasteiger partial charge in [-0.15, -0.1) is 0 Å². The van der Waals surface area contributed by atoms with Crippen LogP contribution < -0.4 is 4.74 Å². The Morgan fingerprint density at radius 3 is 2.86 bits per heavy atom. The van der Waals surface area contributed by atoms with E-state index in [4.69, 9.17) is 4.74 Å². The zero-order valence-corrected chi connectivity index (χ0v) is 9.63. The molecule has 0 aliphatic rings. The molecule has 0 N–H and O–H groups in total. The van der Waals surface area contributed by atoms with Crippen molar-refractivity contribution in [3.05, 3.63) is 34.4 Å². The number of rotatable bonds is 1. The Morgan fingerprint density at radius 1 is 1.36 bits per heavy atom. The molecule has 3 heteroatoms. The van der Waals surface area contributed by atoms with E-state index < -0.39 is 0 Å². The van der Waals surface area contributed by atoms with Crippen LogP contribution in [0.15, 0.2) is 28.9 Å². The van der Waals surface area contributed by atoms with Gasteiger partial charge in [0.05, 0.1) is 12.6 Å². The van der Waals surface area contributed by atoms with E-state index in [2.05, 4.69) is 27.8 Å². The summed E-state index contributed by atoms with van der Waals surface area (Å²) in [6.07, 6.45) is 1.82. The monoisotopic (exact) mass is 251 g/mol. The molecule has 0 aliphatic carbocycles. The van der Waals surface area contributed by atoms with Crippen molar-refractivity contribution in [2.24, 2.45) is 0 Å². The summed E-state index contributed by atoms with van der Waals surface area (Å²) < 4.78 is 6.18. The zero-order chi connectivity index (χ0) is 10.1. The van der Waals surface area contributed by atoms with Gasteiger partial charge in [0.25, 0.3) is 0 Å². The number of benzene rings is 1. The molecule has 0 radical (unpaired) electrons. The molecule has 0 amide bonds. The number of hydrogen-bond acceptors (Lipinski definition) is 2. The molecule has 0 saturated heterocycles. The van der Waals surface area contributed by atoms with Gasteiger partial charge in [0, 0.05) is 22.1 Å². The van der Waals surface area contributed by atoms with E-state index in [0.717, 1.165) is 21.1 Å². The predicted molar refractivity (Wildman–Crippen MR) is 60.7 cm³/mol. The summed E-state index contributed by atoms with van der Waals surface area (Å²) in [5.74, 6) is 0.840. The van der Waals surface area contributed by atoms with Gasteiger partial charge < -0.3 is 4.74 Å². The first kappa shape index (κ1) is 9.46. The molecule has 14 heavy (non-hydrogen) atoms. The molecule has 0 fully saturated rings. The van der Waals surface area contributed by atoms with Crippen molar-refractivity contribution in [1.82, 2.24) is 4.98 Å².